The third-order valence-corrected chi connectivity index (χ3v) is 4.79. The second kappa shape index (κ2) is 8.18. The molecule has 24 heavy (non-hydrogen) atoms. The molecule has 0 bridgehead atoms. The molecule has 1 saturated heterocycles. The molecule has 0 aromatic heterocycles. The van der Waals surface area contributed by atoms with Crippen LogP contribution in [0.25, 0.3) is 0 Å². The topological polar surface area (TPSA) is 75.4 Å². The Kier molecular flexibility index (Phi) is 6.23. The van der Waals surface area contributed by atoms with Gasteiger partial charge < -0.3 is 16.0 Å². The summed E-state index contributed by atoms with van der Waals surface area (Å²) in [7, 11) is 0. The van der Waals surface area contributed by atoms with Gasteiger partial charge in [-0.05, 0) is 57.1 Å². The predicted molar refractivity (Wildman–Crippen MR) is 95.7 cm³/mol. The molecule has 3 amide bonds. The Balaban J connectivity index is 1.80. The van der Waals surface area contributed by atoms with Crippen LogP contribution in [0.3, 0.4) is 0 Å². The molecule has 0 aliphatic carbocycles. The Bertz CT molecular complexity index is 592. The number of nitrogens with one attached hydrogen (secondary N) is 1. The molecule has 1 aliphatic rings. The van der Waals surface area contributed by atoms with Crippen LogP contribution in [0.4, 0.5) is 4.79 Å². The minimum Gasteiger partial charge on any atom is -0.370 e. The number of rotatable bonds is 5. The maximum atomic E-state index is 12.4. The van der Waals surface area contributed by atoms with Gasteiger partial charge in [0.25, 0.3) is 0 Å². The second-order valence-electron chi connectivity index (χ2n) is 7.09. The molecule has 132 valence electrons. The first-order chi connectivity index (χ1) is 11.3. The molecule has 0 radical (unpaired) electrons. The summed E-state index contributed by atoms with van der Waals surface area (Å²) >= 11 is 0. The predicted octanol–water partition coefficient (Wildman–Crippen LogP) is 2.53. The van der Waals surface area contributed by atoms with Crippen molar-refractivity contribution < 1.29 is 9.59 Å². The number of amides is 3. The molecule has 1 atom stereocenters. The minimum atomic E-state index is -0.250. The quantitative estimate of drug-likeness (QED) is 0.870. The molecular weight excluding hydrogens is 302 g/mol. The number of hydrogen-bond donors (Lipinski definition) is 2. The van der Waals surface area contributed by atoms with E-state index in [1.165, 1.54) is 16.7 Å². The van der Waals surface area contributed by atoms with E-state index >= 15 is 0 Å². The van der Waals surface area contributed by atoms with Gasteiger partial charge in [-0.1, -0.05) is 23.8 Å². The van der Waals surface area contributed by atoms with E-state index in [2.05, 4.69) is 37.4 Å². The highest BCUT2D eigenvalue weighted by atomic mass is 16.2. The maximum absolute atomic E-state index is 12.4. The molecule has 0 saturated carbocycles. The third kappa shape index (κ3) is 5.25. The Morgan fingerprint density at radius 2 is 1.96 bits per heavy atom. The summed E-state index contributed by atoms with van der Waals surface area (Å²) in [5.41, 5.74) is 9.04. The lowest BCUT2D eigenvalue weighted by Crippen LogP contribution is -2.48. The van der Waals surface area contributed by atoms with Crippen LogP contribution in [0.15, 0.2) is 18.2 Å². The number of piperidine rings is 1. The van der Waals surface area contributed by atoms with Crippen molar-refractivity contribution in [3.8, 4) is 0 Å². The molecular formula is C19H29N3O2. The van der Waals surface area contributed by atoms with Gasteiger partial charge in [0, 0.05) is 25.6 Å². The molecule has 1 aliphatic heterocycles. The number of aryl methyl sites for hydroxylation is 2. The summed E-state index contributed by atoms with van der Waals surface area (Å²) < 4.78 is 0. The van der Waals surface area contributed by atoms with Gasteiger partial charge in [0.05, 0.1) is 0 Å². The van der Waals surface area contributed by atoms with Crippen molar-refractivity contribution in [1.82, 2.24) is 10.2 Å². The minimum absolute atomic E-state index is 0.00945. The summed E-state index contributed by atoms with van der Waals surface area (Å²) in [5.74, 6) is 0.0687. The molecule has 1 unspecified atom stereocenters. The van der Waals surface area contributed by atoms with Crippen molar-refractivity contribution in [3.63, 3.8) is 0 Å². The number of nitrogens with two attached hydrogens (primary N) is 1. The molecule has 2 rings (SSSR count). The number of carbonyl (C=O) groups is 2. The maximum Gasteiger partial charge on any atom is 0.317 e. The van der Waals surface area contributed by atoms with Crippen LogP contribution < -0.4 is 11.1 Å². The van der Waals surface area contributed by atoms with Crippen molar-refractivity contribution in [2.75, 3.05) is 13.1 Å². The number of benzene rings is 1. The highest BCUT2D eigenvalue weighted by molar-refractivity contribution is 5.75. The van der Waals surface area contributed by atoms with Crippen molar-refractivity contribution >= 4 is 11.9 Å². The van der Waals surface area contributed by atoms with E-state index in [0.717, 1.165) is 19.3 Å². The number of nitrogens with zero attached hydrogens (tertiary/aromatic N) is 1. The zero-order chi connectivity index (χ0) is 17.7. The first-order valence-corrected chi connectivity index (χ1v) is 8.75. The van der Waals surface area contributed by atoms with Gasteiger partial charge in [-0.3, -0.25) is 4.79 Å². The Labute approximate surface area is 144 Å². The lowest BCUT2D eigenvalue weighted by molar-refractivity contribution is -0.119. The van der Waals surface area contributed by atoms with Crippen molar-refractivity contribution in [1.29, 1.82) is 0 Å². The van der Waals surface area contributed by atoms with Crippen molar-refractivity contribution in [2.45, 2.75) is 52.5 Å². The average molecular weight is 331 g/mol. The largest absolute Gasteiger partial charge is 0.370 e. The van der Waals surface area contributed by atoms with Gasteiger partial charge >= 0.3 is 6.03 Å². The van der Waals surface area contributed by atoms with E-state index in [9.17, 15) is 9.59 Å². The molecule has 3 N–H and O–H groups in total. The molecule has 5 nitrogen and oxygen atoms in total. The van der Waals surface area contributed by atoms with Crippen LogP contribution in [-0.4, -0.2) is 36.0 Å². The highest BCUT2D eigenvalue weighted by Crippen LogP contribution is 2.20. The lowest BCUT2D eigenvalue weighted by Gasteiger charge is -2.32. The van der Waals surface area contributed by atoms with Gasteiger partial charge in [0.2, 0.25) is 5.91 Å². The van der Waals surface area contributed by atoms with Crippen molar-refractivity contribution in [2.24, 2.45) is 11.7 Å². The summed E-state index contributed by atoms with van der Waals surface area (Å²) in [6.45, 7) is 7.63. The summed E-state index contributed by atoms with van der Waals surface area (Å²) in [5, 5.41) is 3.09. The number of urea groups is 1. The van der Waals surface area contributed by atoms with Gasteiger partial charge in [0.15, 0.2) is 0 Å². The van der Waals surface area contributed by atoms with Crippen molar-refractivity contribution in [3.05, 3.63) is 34.9 Å². The van der Waals surface area contributed by atoms with E-state index in [4.69, 9.17) is 5.73 Å². The first kappa shape index (κ1) is 18.3. The van der Waals surface area contributed by atoms with Crippen LogP contribution in [0.2, 0.25) is 0 Å². The van der Waals surface area contributed by atoms with Crippen LogP contribution in [0, 0.1) is 19.8 Å². The van der Waals surface area contributed by atoms with Crippen LogP contribution in [-0.2, 0) is 11.2 Å². The highest BCUT2D eigenvalue weighted by Gasteiger charge is 2.24. The average Bonchev–Trinajstić information content (AvgIpc) is 2.50. The number of carbonyl (C=O) groups excluding carboxylic acids is 2. The molecule has 1 fully saturated rings. The molecule has 1 aromatic rings. The summed E-state index contributed by atoms with van der Waals surface area (Å²) in [6, 6.07) is 6.50. The Morgan fingerprint density at radius 3 is 2.54 bits per heavy atom. The van der Waals surface area contributed by atoms with Gasteiger partial charge in [0.1, 0.15) is 0 Å². The standard InChI is InChI=1S/C19H29N3O2/c1-13-4-5-17(14(2)10-13)11-15(3)21-19(24)22-8-6-16(7-9-22)12-18(20)23/h4-5,10,15-16H,6-9,11-12H2,1-3H3,(H2,20,23)(H,21,24). The second-order valence-corrected chi connectivity index (χ2v) is 7.09. The zero-order valence-electron chi connectivity index (χ0n) is 15.0. The number of primary amides is 1. The number of hydrogen-bond acceptors (Lipinski definition) is 2. The van der Waals surface area contributed by atoms with E-state index < -0.39 is 0 Å². The fourth-order valence-corrected chi connectivity index (χ4v) is 3.38. The van der Waals surface area contributed by atoms with Crippen LogP contribution in [0.5, 0.6) is 0 Å². The first-order valence-electron chi connectivity index (χ1n) is 8.75. The Morgan fingerprint density at radius 1 is 1.29 bits per heavy atom. The SMILES string of the molecule is Cc1ccc(CC(C)NC(=O)N2CCC(CC(N)=O)CC2)c(C)c1. The van der Waals surface area contributed by atoms with Gasteiger partial charge in [-0.2, -0.15) is 0 Å². The number of likely N-dealkylation sites (tertiary alicyclic amines) is 1. The molecule has 1 aromatic carbocycles. The van der Waals surface area contributed by atoms with Crippen LogP contribution >= 0.6 is 0 Å². The monoisotopic (exact) mass is 331 g/mol. The molecule has 0 spiro atoms. The van der Waals surface area contributed by atoms with E-state index in [0.29, 0.717) is 25.4 Å². The van der Waals surface area contributed by atoms with Gasteiger partial charge in [-0.25, -0.2) is 4.79 Å². The fraction of sp³-hybridized carbons (Fsp3) is 0.579. The normalized spacial score (nSPS) is 16.7. The Hall–Kier alpha value is -2.04. The third-order valence-electron chi connectivity index (χ3n) is 4.79. The molecule has 5 heteroatoms. The molecule has 1 heterocycles. The lowest BCUT2D eigenvalue weighted by atomic mass is 9.93. The van der Waals surface area contributed by atoms with E-state index in [1.807, 2.05) is 11.8 Å². The van der Waals surface area contributed by atoms with E-state index in [-0.39, 0.29) is 18.0 Å². The van der Waals surface area contributed by atoms with Crippen LogP contribution in [0.1, 0.15) is 42.9 Å². The van der Waals surface area contributed by atoms with Gasteiger partial charge in [-0.15, -0.1) is 0 Å². The summed E-state index contributed by atoms with van der Waals surface area (Å²) in [4.78, 5) is 25.2. The fourth-order valence-electron chi connectivity index (χ4n) is 3.38. The van der Waals surface area contributed by atoms with E-state index in [1.54, 1.807) is 0 Å². The smallest absolute Gasteiger partial charge is 0.317 e. The summed E-state index contributed by atoms with van der Waals surface area (Å²) in [6.07, 6.45) is 2.96. The zero-order valence-corrected chi connectivity index (χ0v) is 15.0.